The molecule has 1 amide bonds. The van der Waals surface area contributed by atoms with Gasteiger partial charge in [0.05, 0.1) is 0 Å². The summed E-state index contributed by atoms with van der Waals surface area (Å²) in [4.78, 5) is 21.6. The number of alkyl carbamates (subject to hydrolysis) is 1. The van der Waals surface area contributed by atoms with Crippen LogP contribution in [0.4, 0.5) is 4.79 Å². The van der Waals surface area contributed by atoms with Crippen LogP contribution >= 0.6 is 0 Å². The molecule has 0 saturated heterocycles. The van der Waals surface area contributed by atoms with Gasteiger partial charge in [-0.15, -0.1) is 0 Å². The number of carboxylic acid groups (broad SMARTS) is 1. The van der Waals surface area contributed by atoms with Gasteiger partial charge in [-0.1, -0.05) is 24.3 Å². The maximum atomic E-state index is 11.3. The number of nitrogens with one attached hydrogen (secondary N) is 1. The van der Waals surface area contributed by atoms with Gasteiger partial charge in [-0.3, -0.25) is 4.79 Å². The highest BCUT2D eigenvalue weighted by molar-refractivity contribution is 5.76. The van der Waals surface area contributed by atoms with Gasteiger partial charge in [0.1, 0.15) is 25.5 Å². The molecule has 0 fully saturated rings. The maximum absolute atomic E-state index is 11.3. The van der Waals surface area contributed by atoms with E-state index < -0.39 is 18.6 Å². The molecule has 0 radical (unpaired) electrons. The van der Waals surface area contributed by atoms with Crippen molar-refractivity contribution in [1.29, 1.82) is 0 Å². The molecule has 0 spiro atoms. The Morgan fingerprint density at radius 2 is 2.24 bits per heavy atom. The summed E-state index contributed by atoms with van der Waals surface area (Å²) in [5.41, 5.74) is 1.68. The summed E-state index contributed by atoms with van der Waals surface area (Å²) >= 11 is 0. The lowest BCUT2D eigenvalue weighted by Gasteiger charge is -2.12. The number of carboxylic acids is 1. The zero-order chi connectivity index (χ0) is 15.1. The molecule has 0 saturated carbocycles. The Balaban J connectivity index is 1.92. The number of hydrogen-bond acceptors (Lipinski definition) is 4. The fourth-order valence-corrected chi connectivity index (χ4v) is 1.74. The molecule has 1 aliphatic heterocycles. The smallest absolute Gasteiger partial charge is 0.407 e. The van der Waals surface area contributed by atoms with E-state index in [-0.39, 0.29) is 6.61 Å². The Bertz CT molecular complexity index is 591. The van der Waals surface area contributed by atoms with Crippen LogP contribution in [0.3, 0.4) is 0 Å². The Morgan fingerprint density at radius 1 is 1.38 bits per heavy atom. The predicted molar refractivity (Wildman–Crippen MR) is 75.3 cm³/mol. The molecule has 1 aliphatic rings. The summed E-state index contributed by atoms with van der Waals surface area (Å²) in [5.74, 6) is -0.363. The van der Waals surface area contributed by atoms with Crippen LogP contribution in [0.1, 0.15) is 11.1 Å². The molecule has 21 heavy (non-hydrogen) atoms. The first-order chi connectivity index (χ1) is 10.1. The average Bonchev–Trinajstić information content (AvgIpc) is 2.52. The molecule has 6 heteroatoms. The largest absolute Gasteiger partial charge is 0.489 e. The Kier molecular flexibility index (Phi) is 4.98. The van der Waals surface area contributed by atoms with Gasteiger partial charge in [0.2, 0.25) is 0 Å². The van der Waals surface area contributed by atoms with Crippen LogP contribution in [0, 0.1) is 0 Å². The predicted octanol–water partition coefficient (Wildman–Crippen LogP) is 1.92. The van der Waals surface area contributed by atoms with Crippen molar-refractivity contribution >= 4 is 17.8 Å². The molecule has 2 rings (SSSR count). The summed E-state index contributed by atoms with van der Waals surface area (Å²) in [6.07, 6.45) is 4.92. The number of amides is 1. The lowest BCUT2D eigenvalue weighted by molar-refractivity contribution is -0.135. The van der Waals surface area contributed by atoms with E-state index in [4.69, 9.17) is 14.6 Å². The van der Waals surface area contributed by atoms with Crippen LogP contribution in [0.25, 0.3) is 5.76 Å². The summed E-state index contributed by atoms with van der Waals surface area (Å²) in [6.45, 7) is 0.124. The Morgan fingerprint density at radius 3 is 2.95 bits per heavy atom. The second kappa shape index (κ2) is 7.14. The third-order valence-electron chi connectivity index (χ3n) is 2.68. The molecular weight excluding hydrogens is 274 g/mol. The van der Waals surface area contributed by atoms with Gasteiger partial charge in [0.15, 0.2) is 0 Å². The molecule has 0 atom stereocenters. The molecule has 0 aromatic heterocycles. The monoisotopic (exact) mass is 289 g/mol. The molecule has 6 nitrogen and oxygen atoms in total. The van der Waals surface area contributed by atoms with Crippen LogP contribution in [0.15, 0.2) is 42.5 Å². The Labute approximate surface area is 121 Å². The number of allylic oxidation sites excluding steroid dienone is 2. The highest BCUT2D eigenvalue weighted by Gasteiger charge is 2.08. The van der Waals surface area contributed by atoms with Crippen LogP contribution < -0.4 is 5.32 Å². The fourth-order valence-electron chi connectivity index (χ4n) is 1.74. The molecule has 1 aromatic rings. The van der Waals surface area contributed by atoms with Crippen molar-refractivity contribution in [2.75, 3.05) is 13.2 Å². The summed E-state index contributed by atoms with van der Waals surface area (Å²) < 4.78 is 10.4. The SMILES string of the molecule is O=C(O)CNC(=O)OCc1cccc(C2=CC=CCO2)c1. The summed E-state index contributed by atoms with van der Waals surface area (Å²) in [5, 5.41) is 10.6. The number of benzene rings is 1. The Hall–Kier alpha value is -2.76. The van der Waals surface area contributed by atoms with Crippen LogP contribution in [0.2, 0.25) is 0 Å². The number of carbonyl (C=O) groups excluding carboxylic acids is 1. The van der Waals surface area contributed by atoms with E-state index >= 15 is 0 Å². The van der Waals surface area contributed by atoms with Crippen molar-refractivity contribution in [2.24, 2.45) is 0 Å². The van der Waals surface area contributed by atoms with E-state index in [0.717, 1.165) is 16.9 Å². The zero-order valence-corrected chi connectivity index (χ0v) is 11.2. The minimum absolute atomic E-state index is 0.0579. The third kappa shape index (κ3) is 4.68. The first kappa shape index (κ1) is 14.6. The van der Waals surface area contributed by atoms with Crippen molar-refractivity contribution in [1.82, 2.24) is 5.32 Å². The quantitative estimate of drug-likeness (QED) is 0.865. The van der Waals surface area contributed by atoms with Gasteiger partial charge in [-0.25, -0.2) is 4.79 Å². The molecule has 1 aromatic carbocycles. The van der Waals surface area contributed by atoms with Gasteiger partial charge in [0.25, 0.3) is 0 Å². The van der Waals surface area contributed by atoms with E-state index in [1.165, 1.54) is 0 Å². The molecule has 2 N–H and O–H groups in total. The third-order valence-corrected chi connectivity index (χ3v) is 2.68. The first-order valence-electron chi connectivity index (χ1n) is 6.36. The minimum Gasteiger partial charge on any atom is -0.489 e. The molecule has 110 valence electrons. The number of hydrogen-bond donors (Lipinski definition) is 2. The number of rotatable bonds is 5. The molecule has 1 heterocycles. The van der Waals surface area contributed by atoms with Crippen LogP contribution in [0.5, 0.6) is 0 Å². The molecular formula is C15H15NO5. The van der Waals surface area contributed by atoms with Crippen molar-refractivity contribution in [3.8, 4) is 0 Å². The van der Waals surface area contributed by atoms with Gasteiger partial charge in [0, 0.05) is 5.56 Å². The normalized spacial score (nSPS) is 13.0. The maximum Gasteiger partial charge on any atom is 0.407 e. The van der Waals surface area contributed by atoms with E-state index in [0.29, 0.717) is 6.61 Å². The van der Waals surface area contributed by atoms with Gasteiger partial charge in [-0.05, 0) is 23.8 Å². The fraction of sp³-hybridized carbons (Fsp3) is 0.200. The van der Waals surface area contributed by atoms with Crippen LogP contribution in [-0.2, 0) is 20.9 Å². The zero-order valence-electron chi connectivity index (χ0n) is 11.2. The second-order valence-electron chi connectivity index (χ2n) is 4.29. The van der Waals surface area contributed by atoms with Crippen molar-refractivity contribution in [3.05, 3.63) is 53.6 Å². The average molecular weight is 289 g/mol. The topological polar surface area (TPSA) is 84.9 Å². The molecule has 0 bridgehead atoms. The molecule has 0 unspecified atom stereocenters. The number of aliphatic carboxylic acids is 1. The van der Waals surface area contributed by atoms with E-state index in [2.05, 4.69) is 5.32 Å². The summed E-state index contributed by atoms with van der Waals surface area (Å²) in [6, 6.07) is 7.41. The standard InChI is InChI=1S/C15H15NO5/c17-14(18)9-16-15(19)21-10-11-4-3-5-12(8-11)13-6-1-2-7-20-13/h1-6,8H,7,9-10H2,(H,16,19)(H,17,18). The van der Waals surface area contributed by atoms with E-state index in [1.807, 2.05) is 42.5 Å². The highest BCUT2D eigenvalue weighted by Crippen LogP contribution is 2.20. The van der Waals surface area contributed by atoms with Gasteiger partial charge < -0.3 is 19.9 Å². The van der Waals surface area contributed by atoms with Crippen molar-refractivity contribution < 1.29 is 24.2 Å². The second-order valence-corrected chi connectivity index (χ2v) is 4.29. The molecule has 0 aliphatic carbocycles. The number of ether oxygens (including phenoxy) is 2. The summed E-state index contributed by atoms with van der Waals surface area (Å²) in [7, 11) is 0. The lowest BCUT2D eigenvalue weighted by Crippen LogP contribution is -2.29. The minimum atomic E-state index is -1.12. The van der Waals surface area contributed by atoms with Crippen molar-refractivity contribution in [3.63, 3.8) is 0 Å². The lowest BCUT2D eigenvalue weighted by atomic mass is 10.1. The highest BCUT2D eigenvalue weighted by atomic mass is 16.5. The first-order valence-corrected chi connectivity index (χ1v) is 6.36. The van der Waals surface area contributed by atoms with Gasteiger partial charge >= 0.3 is 12.1 Å². The van der Waals surface area contributed by atoms with Crippen molar-refractivity contribution in [2.45, 2.75) is 6.61 Å². The van der Waals surface area contributed by atoms with Crippen LogP contribution in [-0.4, -0.2) is 30.3 Å². The number of carbonyl (C=O) groups is 2. The van der Waals surface area contributed by atoms with E-state index in [1.54, 1.807) is 0 Å². The van der Waals surface area contributed by atoms with E-state index in [9.17, 15) is 9.59 Å². The van der Waals surface area contributed by atoms with Gasteiger partial charge in [-0.2, -0.15) is 0 Å².